The first-order valence-corrected chi connectivity index (χ1v) is 5.60. The first kappa shape index (κ1) is 11.4. The minimum absolute atomic E-state index is 0.109. The number of carboxylic acid groups (broad SMARTS) is 1. The molecule has 0 bridgehead atoms. The summed E-state index contributed by atoms with van der Waals surface area (Å²) >= 11 is 1.00. The van der Waals surface area contributed by atoms with Crippen molar-refractivity contribution in [1.29, 1.82) is 0 Å². The van der Waals surface area contributed by atoms with Gasteiger partial charge >= 0.3 is 5.97 Å². The number of aromatic amines is 2. The Morgan fingerprint density at radius 3 is 3.00 bits per heavy atom. The van der Waals surface area contributed by atoms with E-state index in [-0.39, 0.29) is 11.3 Å². The minimum atomic E-state index is -0.936. The molecule has 0 atom stereocenters. The van der Waals surface area contributed by atoms with Crippen LogP contribution in [0.4, 0.5) is 0 Å². The molecule has 2 aromatic rings. The van der Waals surface area contributed by atoms with E-state index in [9.17, 15) is 9.59 Å². The van der Waals surface area contributed by atoms with Crippen LogP contribution in [-0.2, 0) is 4.79 Å². The van der Waals surface area contributed by atoms with Crippen molar-refractivity contribution < 1.29 is 9.90 Å². The van der Waals surface area contributed by atoms with E-state index in [1.807, 2.05) is 0 Å². The molecule has 0 radical (unpaired) electrons. The number of hydrogen-bond acceptors (Lipinski definition) is 5. The van der Waals surface area contributed by atoms with E-state index < -0.39 is 5.97 Å². The minimum Gasteiger partial charge on any atom is -0.481 e. The molecule has 0 saturated heterocycles. The number of carbonyl (C=O) groups is 1. The molecular formula is C9H8N4O3S. The largest absolute Gasteiger partial charge is 0.481 e. The maximum absolute atomic E-state index is 11.1. The molecule has 3 N–H and O–H groups in total. The van der Waals surface area contributed by atoms with Crippen molar-refractivity contribution in [1.82, 2.24) is 20.2 Å². The van der Waals surface area contributed by atoms with Crippen LogP contribution >= 0.6 is 11.8 Å². The van der Waals surface area contributed by atoms with E-state index in [0.717, 1.165) is 11.8 Å². The van der Waals surface area contributed by atoms with Gasteiger partial charge in [0.1, 0.15) is 0 Å². The van der Waals surface area contributed by atoms with Crippen molar-refractivity contribution in [3.63, 3.8) is 0 Å². The van der Waals surface area contributed by atoms with Gasteiger partial charge in [-0.15, -0.1) is 5.10 Å². The van der Waals surface area contributed by atoms with E-state index in [0.29, 0.717) is 16.7 Å². The number of nitrogens with zero attached hydrogens (tertiary/aromatic N) is 2. The number of hydrogen-bond donors (Lipinski definition) is 3. The van der Waals surface area contributed by atoms with Crippen LogP contribution < -0.4 is 5.56 Å². The van der Waals surface area contributed by atoms with Gasteiger partial charge in [-0.25, -0.2) is 0 Å². The average molecular weight is 252 g/mol. The Bertz CT molecular complexity index is 592. The quantitative estimate of drug-likeness (QED) is 0.676. The van der Waals surface area contributed by atoms with E-state index >= 15 is 0 Å². The Morgan fingerprint density at radius 2 is 2.29 bits per heavy atom. The summed E-state index contributed by atoms with van der Waals surface area (Å²) in [6.45, 7) is 0. The first-order valence-electron chi connectivity index (χ1n) is 4.62. The van der Waals surface area contributed by atoms with Crippen molar-refractivity contribution in [3.8, 4) is 11.5 Å². The Balaban J connectivity index is 2.18. The van der Waals surface area contributed by atoms with Gasteiger partial charge in [0.05, 0.1) is 11.4 Å². The van der Waals surface area contributed by atoms with Gasteiger partial charge in [0.2, 0.25) is 10.7 Å². The molecule has 0 aliphatic carbocycles. The zero-order chi connectivity index (χ0) is 12.3. The third-order valence-electron chi connectivity index (χ3n) is 1.81. The number of rotatable bonds is 4. The molecule has 17 heavy (non-hydrogen) atoms. The lowest BCUT2D eigenvalue weighted by Gasteiger charge is -1.93. The molecule has 2 rings (SSSR count). The summed E-state index contributed by atoms with van der Waals surface area (Å²) in [6, 6.07) is 4.66. The van der Waals surface area contributed by atoms with E-state index in [2.05, 4.69) is 20.2 Å². The third-order valence-corrected chi connectivity index (χ3v) is 2.65. The van der Waals surface area contributed by atoms with Gasteiger partial charge in [0.15, 0.2) is 5.82 Å². The number of nitrogens with one attached hydrogen (secondary N) is 2. The standard InChI is InChI=1S/C9H8N4O3S/c14-6-3-1-2-5(10-6)8-11-9(13-12-8)17-4-7(15)16/h1-3H,4H2,(H,10,14)(H,15,16)(H,11,12,13). The van der Waals surface area contributed by atoms with Crippen LogP contribution in [0.2, 0.25) is 0 Å². The molecule has 88 valence electrons. The van der Waals surface area contributed by atoms with Gasteiger partial charge in [-0.3, -0.25) is 14.7 Å². The van der Waals surface area contributed by atoms with Gasteiger partial charge in [-0.2, -0.15) is 4.98 Å². The summed E-state index contributed by atoms with van der Waals surface area (Å²) in [6.07, 6.45) is 0. The van der Waals surface area contributed by atoms with Gasteiger partial charge in [-0.05, 0) is 6.07 Å². The molecule has 0 amide bonds. The fourth-order valence-electron chi connectivity index (χ4n) is 1.14. The molecule has 2 aromatic heterocycles. The molecule has 0 aliphatic rings. The lowest BCUT2D eigenvalue weighted by molar-refractivity contribution is -0.133. The number of aliphatic carboxylic acids is 1. The van der Waals surface area contributed by atoms with Crippen LogP contribution in [0.5, 0.6) is 0 Å². The molecule has 2 heterocycles. The number of carboxylic acids is 1. The fraction of sp³-hybridized carbons (Fsp3) is 0.111. The maximum atomic E-state index is 11.1. The number of thioether (sulfide) groups is 1. The Labute approximate surface area is 99.3 Å². The number of pyridine rings is 1. The Kier molecular flexibility index (Phi) is 3.24. The summed E-state index contributed by atoms with van der Waals surface area (Å²) in [7, 11) is 0. The van der Waals surface area contributed by atoms with E-state index in [1.165, 1.54) is 6.07 Å². The van der Waals surface area contributed by atoms with Crippen LogP contribution in [0.15, 0.2) is 28.2 Å². The zero-order valence-corrected chi connectivity index (χ0v) is 9.32. The van der Waals surface area contributed by atoms with Gasteiger partial charge in [-0.1, -0.05) is 17.8 Å². The van der Waals surface area contributed by atoms with Crippen LogP contribution in [0, 0.1) is 0 Å². The highest BCUT2D eigenvalue weighted by Gasteiger charge is 2.08. The monoisotopic (exact) mass is 252 g/mol. The number of H-pyrrole nitrogens is 2. The van der Waals surface area contributed by atoms with Crippen LogP contribution in [0.1, 0.15) is 0 Å². The average Bonchev–Trinajstić information content (AvgIpc) is 2.75. The SMILES string of the molecule is O=C(O)CSc1n[nH]c(-c2cccc(=O)[nH]2)n1. The van der Waals surface area contributed by atoms with Crippen molar-refractivity contribution in [2.75, 3.05) is 5.75 Å². The normalized spacial score (nSPS) is 10.4. The summed E-state index contributed by atoms with van der Waals surface area (Å²) in [5, 5.41) is 15.3. The highest BCUT2D eigenvalue weighted by Crippen LogP contribution is 2.16. The van der Waals surface area contributed by atoms with Crippen molar-refractivity contribution in [2.24, 2.45) is 0 Å². The molecule has 8 heteroatoms. The van der Waals surface area contributed by atoms with E-state index in [4.69, 9.17) is 5.11 Å². The van der Waals surface area contributed by atoms with Crippen molar-refractivity contribution >= 4 is 17.7 Å². The molecule has 7 nitrogen and oxygen atoms in total. The second-order valence-electron chi connectivity index (χ2n) is 3.08. The van der Waals surface area contributed by atoms with E-state index in [1.54, 1.807) is 12.1 Å². The Morgan fingerprint density at radius 1 is 1.47 bits per heavy atom. The summed E-state index contributed by atoms with van der Waals surface area (Å²) in [4.78, 5) is 28.1. The van der Waals surface area contributed by atoms with Crippen molar-refractivity contribution in [3.05, 3.63) is 28.6 Å². The lowest BCUT2D eigenvalue weighted by atomic mass is 10.3. The van der Waals surface area contributed by atoms with Gasteiger partial charge < -0.3 is 10.1 Å². The number of aromatic nitrogens is 4. The highest BCUT2D eigenvalue weighted by atomic mass is 32.2. The predicted molar refractivity (Wildman–Crippen MR) is 60.8 cm³/mol. The lowest BCUT2D eigenvalue weighted by Crippen LogP contribution is -2.04. The summed E-state index contributed by atoms with van der Waals surface area (Å²) in [5.41, 5.74) is 0.269. The maximum Gasteiger partial charge on any atom is 0.313 e. The third kappa shape index (κ3) is 2.94. The molecule has 0 spiro atoms. The van der Waals surface area contributed by atoms with Crippen molar-refractivity contribution in [2.45, 2.75) is 5.16 Å². The summed E-state index contributed by atoms with van der Waals surface area (Å²) in [5.74, 6) is -0.646. The highest BCUT2D eigenvalue weighted by molar-refractivity contribution is 7.99. The Hall–Kier alpha value is -2.09. The van der Waals surface area contributed by atoms with Gasteiger partial charge in [0.25, 0.3) is 0 Å². The summed E-state index contributed by atoms with van der Waals surface area (Å²) < 4.78 is 0. The first-order chi connectivity index (χ1) is 8.15. The molecule has 0 unspecified atom stereocenters. The van der Waals surface area contributed by atoms with Crippen LogP contribution in [0.3, 0.4) is 0 Å². The molecule has 0 aliphatic heterocycles. The molecule has 0 saturated carbocycles. The second-order valence-corrected chi connectivity index (χ2v) is 4.02. The smallest absolute Gasteiger partial charge is 0.313 e. The van der Waals surface area contributed by atoms with Gasteiger partial charge in [0, 0.05) is 6.07 Å². The predicted octanol–water partition coefficient (Wildman–Crippen LogP) is 0.337. The topological polar surface area (TPSA) is 112 Å². The zero-order valence-electron chi connectivity index (χ0n) is 8.51. The second kappa shape index (κ2) is 4.83. The molecule has 0 aromatic carbocycles. The molecule has 0 fully saturated rings. The van der Waals surface area contributed by atoms with Crippen LogP contribution in [-0.4, -0.2) is 37.0 Å². The van der Waals surface area contributed by atoms with Crippen LogP contribution in [0.25, 0.3) is 11.5 Å². The fourth-order valence-corrected chi connectivity index (χ4v) is 1.66. The molecular weight excluding hydrogens is 244 g/mol.